The van der Waals surface area contributed by atoms with Crippen LogP contribution in [0.4, 0.5) is 0 Å². The van der Waals surface area contributed by atoms with E-state index in [0.717, 1.165) is 42.6 Å². The molecule has 6 heteroatoms. The minimum absolute atomic E-state index is 0.291. The summed E-state index contributed by atoms with van der Waals surface area (Å²) in [4.78, 5) is 0.306. The maximum Gasteiger partial charge on any atom is 0.283 e. The van der Waals surface area contributed by atoms with Crippen molar-refractivity contribution in [3.8, 4) is 0 Å². The second-order valence-electron chi connectivity index (χ2n) is 6.54. The fourth-order valence-corrected chi connectivity index (χ4v) is 5.11. The van der Waals surface area contributed by atoms with E-state index in [2.05, 4.69) is 10.4 Å². The molecule has 0 radical (unpaired) electrons. The molecule has 0 atom stereocenters. The Hall–Kier alpha value is -2.18. The predicted octanol–water partition coefficient (Wildman–Crippen LogP) is 3.05. The fraction of sp³-hybridized carbons (Fsp3) is 0.316. The standard InChI is InChI=1S/C19H21N3O2S/c1-14-6-2-5-9-18(14)25(23,24)22-17-8-4-3-7-16(17)19(21-22)15-10-12-20-13-11-15/h2-9,15,20H,10-13H2,1H3. The molecule has 0 aliphatic carbocycles. The van der Waals surface area contributed by atoms with Crippen molar-refractivity contribution in [1.82, 2.24) is 14.5 Å². The third-order valence-corrected chi connectivity index (χ3v) is 6.66. The van der Waals surface area contributed by atoms with Gasteiger partial charge in [0.1, 0.15) is 0 Å². The van der Waals surface area contributed by atoms with Crippen LogP contribution in [0.5, 0.6) is 0 Å². The highest BCUT2D eigenvalue weighted by Crippen LogP contribution is 2.32. The molecule has 1 fully saturated rings. The molecule has 3 aromatic rings. The number of rotatable bonds is 3. The molecule has 0 bridgehead atoms. The molecule has 1 aliphatic rings. The van der Waals surface area contributed by atoms with E-state index in [1.807, 2.05) is 43.3 Å². The Morgan fingerprint density at radius 1 is 1.04 bits per heavy atom. The van der Waals surface area contributed by atoms with Gasteiger partial charge in [0.2, 0.25) is 0 Å². The summed E-state index contributed by atoms with van der Waals surface area (Å²) in [6.45, 7) is 3.69. The number of benzene rings is 2. The van der Waals surface area contributed by atoms with Gasteiger partial charge in [-0.05, 0) is 50.6 Å². The minimum Gasteiger partial charge on any atom is -0.317 e. The first-order valence-electron chi connectivity index (χ1n) is 8.58. The smallest absolute Gasteiger partial charge is 0.283 e. The van der Waals surface area contributed by atoms with Crippen LogP contribution in [0.3, 0.4) is 0 Å². The molecule has 1 N–H and O–H groups in total. The van der Waals surface area contributed by atoms with Crippen molar-refractivity contribution in [3.63, 3.8) is 0 Å². The first-order chi connectivity index (χ1) is 12.1. The van der Waals surface area contributed by atoms with Crippen LogP contribution in [0.15, 0.2) is 53.4 Å². The van der Waals surface area contributed by atoms with E-state index >= 15 is 0 Å². The average molecular weight is 355 g/mol. The number of hydrogen-bond donors (Lipinski definition) is 1. The van der Waals surface area contributed by atoms with Gasteiger partial charge in [-0.25, -0.2) is 0 Å². The van der Waals surface area contributed by atoms with Crippen LogP contribution in [-0.2, 0) is 10.0 Å². The van der Waals surface area contributed by atoms with Crippen molar-refractivity contribution in [2.75, 3.05) is 13.1 Å². The summed E-state index contributed by atoms with van der Waals surface area (Å²) in [7, 11) is -3.72. The monoisotopic (exact) mass is 355 g/mol. The zero-order valence-electron chi connectivity index (χ0n) is 14.1. The molecule has 1 aliphatic heterocycles. The highest BCUT2D eigenvalue weighted by atomic mass is 32.2. The fourth-order valence-electron chi connectivity index (χ4n) is 3.58. The lowest BCUT2D eigenvalue weighted by molar-refractivity contribution is 0.453. The van der Waals surface area contributed by atoms with Gasteiger partial charge < -0.3 is 5.32 Å². The molecule has 0 saturated carbocycles. The van der Waals surface area contributed by atoms with E-state index in [-0.39, 0.29) is 0 Å². The highest BCUT2D eigenvalue weighted by Gasteiger charge is 2.27. The number of aryl methyl sites for hydroxylation is 1. The topological polar surface area (TPSA) is 64.0 Å². The van der Waals surface area contributed by atoms with Crippen LogP contribution in [0, 0.1) is 6.92 Å². The predicted molar refractivity (Wildman–Crippen MR) is 98.3 cm³/mol. The lowest BCUT2D eigenvalue weighted by Crippen LogP contribution is -2.27. The molecule has 0 unspecified atom stereocenters. The van der Waals surface area contributed by atoms with Crippen molar-refractivity contribution in [3.05, 3.63) is 59.8 Å². The Bertz CT molecular complexity index is 1020. The average Bonchev–Trinajstić information content (AvgIpc) is 3.03. The summed E-state index contributed by atoms with van der Waals surface area (Å²) in [6.07, 6.45) is 1.96. The summed E-state index contributed by atoms with van der Waals surface area (Å²) in [5, 5.41) is 8.89. The van der Waals surface area contributed by atoms with Crippen LogP contribution >= 0.6 is 0 Å². The summed E-state index contributed by atoms with van der Waals surface area (Å²) in [5.41, 5.74) is 2.28. The Kier molecular flexibility index (Phi) is 4.09. The van der Waals surface area contributed by atoms with Gasteiger partial charge in [-0.1, -0.05) is 36.4 Å². The number of para-hydroxylation sites is 1. The first kappa shape index (κ1) is 16.3. The molecule has 2 aromatic carbocycles. The van der Waals surface area contributed by atoms with Gasteiger partial charge in [0.15, 0.2) is 0 Å². The van der Waals surface area contributed by atoms with Crippen LogP contribution < -0.4 is 5.32 Å². The summed E-state index contributed by atoms with van der Waals surface area (Å²) in [6, 6.07) is 14.7. The summed E-state index contributed by atoms with van der Waals surface area (Å²) < 4.78 is 27.7. The summed E-state index contributed by atoms with van der Waals surface area (Å²) in [5.74, 6) is 0.291. The lowest BCUT2D eigenvalue weighted by atomic mass is 9.93. The quantitative estimate of drug-likeness (QED) is 0.784. The maximum atomic E-state index is 13.3. The second kappa shape index (κ2) is 6.28. The molecule has 4 rings (SSSR count). The molecule has 25 heavy (non-hydrogen) atoms. The van der Waals surface area contributed by atoms with Crippen LogP contribution in [0.2, 0.25) is 0 Å². The molecule has 1 aromatic heterocycles. The lowest BCUT2D eigenvalue weighted by Gasteiger charge is -2.21. The van der Waals surface area contributed by atoms with E-state index in [9.17, 15) is 8.42 Å². The van der Waals surface area contributed by atoms with Crippen LogP contribution in [0.25, 0.3) is 10.9 Å². The van der Waals surface area contributed by atoms with Crippen LogP contribution in [0.1, 0.15) is 30.0 Å². The van der Waals surface area contributed by atoms with E-state index in [0.29, 0.717) is 16.3 Å². The molecule has 0 spiro atoms. The minimum atomic E-state index is -3.72. The number of nitrogens with zero attached hydrogens (tertiary/aromatic N) is 2. The largest absolute Gasteiger partial charge is 0.317 e. The molecule has 2 heterocycles. The zero-order chi connectivity index (χ0) is 17.4. The SMILES string of the molecule is Cc1ccccc1S(=O)(=O)n1nc(C2CCNCC2)c2ccccc21. The zero-order valence-corrected chi connectivity index (χ0v) is 15.0. The van der Waals surface area contributed by atoms with Gasteiger partial charge in [-0.3, -0.25) is 0 Å². The van der Waals surface area contributed by atoms with Gasteiger partial charge in [0, 0.05) is 11.3 Å². The Labute approximate surface area is 147 Å². The molecule has 0 amide bonds. The van der Waals surface area contributed by atoms with Gasteiger partial charge in [-0.15, -0.1) is 0 Å². The van der Waals surface area contributed by atoms with Crippen molar-refractivity contribution < 1.29 is 8.42 Å². The molecule has 5 nitrogen and oxygen atoms in total. The van der Waals surface area contributed by atoms with Crippen molar-refractivity contribution in [2.45, 2.75) is 30.6 Å². The van der Waals surface area contributed by atoms with Gasteiger partial charge in [0.25, 0.3) is 10.0 Å². The number of hydrogen-bond acceptors (Lipinski definition) is 4. The Morgan fingerprint density at radius 2 is 1.72 bits per heavy atom. The Morgan fingerprint density at radius 3 is 2.48 bits per heavy atom. The molecular weight excluding hydrogens is 334 g/mol. The Balaban J connectivity index is 1.92. The summed E-state index contributed by atoms with van der Waals surface area (Å²) >= 11 is 0. The maximum absolute atomic E-state index is 13.3. The van der Waals surface area contributed by atoms with Gasteiger partial charge >= 0.3 is 0 Å². The van der Waals surface area contributed by atoms with E-state index in [1.165, 1.54) is 4.09 Å². The van der Waals surface area contributed by atoms with Crippen molar-refractivity contribution in [1.29, 1.82) is 0 Å². The highest BCUT2D eigenvalue weighted by molar-refractivity contribution is 7.90. The van der Waals surface area contributed by atoms with Gasteiger partial charge in [0.05, 0.1) is 16.1 Å². The van der Waals surface area contributed by atoms with E-state index in [4.69, 9.17) is 0 Å². The van der Waals surface area contributed by atoms with E-state index in [1.54, 1.807) is 12.1 Å². The number of nitrogens with one attached hydrogen (secondary N) is 1. The number of piperidine rings is 1. The van der Waals surface area contributed by atoms with E-state index < -0.39 is 10.0 Å². The van der Waals surface area contributed by atoms with Crippen LogP contribution in [-0.4, -0.2) is 30.7 Å². The number of aromatic nitrogens is 2. The van der Waals surface area contributed by atoms with Crippen molar-refractivity contribution >= 4 is 20.9 Å². The van der Waals surface area contributed by atoms with Crippen molar-refractivity contribution in [2.24, 2.45) is 0 Å². The third-order valence-electron chi connectivity index (χ3n) is 4.91. The first-order valence-corrected chi connectivity index (χ1v) is 10.0. The van der Waals surface area contributed by atoms with Gasteiger partial charge in [-0.2, -0.15) is 17.6 Å². The molecule has 130 valence electrons. The third kappa shape index (κ3) is 2.75. The number of fused-ring (bicyclic) bond motifs is 1. The molecular formula is C19H21N3O2S. The molecule has 1 saturated heterocycles. The normalized spacial score (nSPS) is 16.4. The second-order valence-corrected chi connectivity index (χ2v) is 8.28.